The van der Waals surface area contributed by atoms with Gasteiger partial charge in [0.25, 0.3) is 11.8 Å². The van der Waals surface area contributed by atoms with E-state index >= 15 is 0 Å². The Labute approximate surface area is 215 Å². The number of nitrogens with one attached hydrogen (secondary N) is 1. The molecule has 0 saturated heterocycles. The maximum absolute atomic E-state index is 13.7. The molecule has 36 heavy (non-hydrogen) atoms. The van der Waals surface area contributed by atoms with Crippen molar-refractivity contribution in [2.45, 2.75) is 29.8 Å². The monoisotopic (exact) mass is 494 g/mol. The molecule has 1 N–H and O–H groups in total. The van der Waals surface area contributed by atoms with E-state index in [2.05, 4.69) is 11.4 Å². The van der Waals surface area contributed by atoms with Crippen LogP contribution in [0.4, 0.5) is 5.69 Å². The number of benzene rings is 4. The quantitative estimate of drug-likeness (QED) is 0.344. The molecule has 0 fully saturated rings. The fourth-order valence-corrected chi connectivity index (χ4v) is 5.40. The first-order valence-electron chi connectivity index (χ1n) is 11.7. The Kier molecular flexibility index (Phi) is 6.78. The van der Waals surface area contributed by atoms with Crippen molar-refractivity contribution in [1.82, 2.24) is 5.32 Å². The SMILES string of the molecule is COc1ccccc1CNC(=O)c1ccc2c(c1)N(Cc1cccc(C)c1)C(=O)c1ccccc1S2. The van der Waals surface area contributed by atoms with E-state index in [-0.39, 0.29) is 11.8 Å². The second-order valence-electron chi connectivity index (χ2n) is 8.66. The van der Waals surface area contributed by atoms with Crippen LogP contribution in [0.1, 0.15) is 37.4 Å². The smallest absolute Gasteiger partial charge is 0.259 e. The zero-order valence-corrected chi connectivity index (χ0v) is 21.0. The normalized spacial score (nSPS) is 12.4. The van der Waals surface area contributed by atoms with E-state index in [9.17, 15) is 9.59 Å². The van der Waals surface area contributed by atoms with Crippen molar-refractivity contribution >= 4 is 29.3 Å². The lowest BCUT2D eigenvalue weighted by atomic mass is 10.1. The Morgan fingerprint density at radius 3 is 2.56 bits per heavy atom. The topological polar surface area (TPSA) is 58.6 Å². The lowest BCUT2D eigenvalue weighted by Gasteiger charge is -2.24. The third-order valence-corrected chi connectivity index (χ3v) is 7.29. The van der Waals surface area contributed by atoms with Gasteiger partial charge < -0.3 is 15.0 Å². The first-order valence-corrected chi connectivity index (χ1v) is 12.5. The van der Waals surface area contributed by atoms with Gasteiger partial charge in [-0.3, -0.25) is 9.59 Å². The fourth-order valence-electron chi connectivity index (χ4n) is 4.34. The van der Waals surface area contributed by atoms with E-state index in [4.69, 9.17) is 4.74 Å². The Morgan fingerprint density at radius 1 is 0.917 bits per heavy atom. The number of amides is 2. The summed E-state index contributed by atoms with van der Waals surface area (Å²) in [5, 5.41) is 2.98. The molecule has 5 nitrogen and oxygen atoms in total. The van der Waals surface area contributed by atoms with Crippen LogP contribution in [0.25, 0.3) is 0 Å². The Bertz CT molecular complexity index is 1450. The fraction of sp³-hybridized carbons (Fsp3) is 0.133. The molecule has 0 aromatic heterocycles. The predicted octanol–water partition coefficient (Wildman–Crippen LogP) is 6.25. The van der Waals surface area contributed by atoms with E-state index in [1.54, 1.807) is 23.8 Å². The molecule has 0 aliphatic carbocycles. The average Bonchev–Trinajstić information content (AvgIpc) is 3.01. The minimum absolute atomic E-state index is 0.0788. The summed E-state index contributed by atoms with van der Waals surface area (Å²) in [6.07, 6.45) is 0. The highest BCUT2D eigenvalue weighted by Gasteiger charge is 2.28. The molecule has 0 radical (unpaired) electrons. The number of nitrogens with zero attached hydrogens (tertiary/aromatic N) is 1. The molecular weight excluding hydrogens is 468 g/mol. The molecular formula is C30H26N2O3S. The van der Waals surface area contributed by atoms with Crippen LogP contribution in [-0.4, -0.2) is 18.9 Å². The first kappa shape index (κ1) is 23.7. The molecule has 1 heterocycles. The summed E-state index contributed by atoms with van der Waals surface area (Å²) in [4.78, 5) is 30.5. The zero-order chi connectivity index (χ0) is 25.1. The predicted molar refractivity (Wildman–Crippen MR) is 143 cm³/mol. The molecule has 1 aliphatic rings. The molecule has 0 saturated carbocycles. The van der Waals surface area contributed by atoms with Crippen LogP contribution in [0, 0.1) is 6.92 Å². The van der Waals surface area contributed by atoms with Crippen molar-refractivity contribution in [3.8, 4) is 5.75 Å². The molecule has 0 bridgehead atoms. The molecule has 0 unspecified atom stereocenters. The van der Waals surface area contributed by atoms with E-state index in [1.807, 2.05) is 91.9 Å². The summed E-state index contributed by atoms with van der Waals surface area (Å²) >= 11 is 1.55. The van der Waals surface area contributed by atoms with Crippen molar-refractivity contribution in [2.24, 2.45) is 0 Å². The largest absolute Gasteiger partial charge is 0.496 e. The lowest BCUT2D eigenvalue weighted by molar-refractivity contribution is 0.0947. The van der Waals surface area contributed by atoms with Crippen molar-refractivity contribution in [3.05, 3.63) is 119 Å². The summed E-state index contributed by atoms with van der Waals surface area (Å²) in [6, 6.07) is 28.9. The van der Waals surface area contributed by atoms with Gasteiger partial charge in [-0.1, -0.05) is 71.9 Å². The van der Waals surface area contributed by atoms with Gasteiger partial charge in [0, 0.05) is 27.5 Å². The number of methoxy groups -OCH3 is 1. The van der Waals surface area contributed by atoms with Gasteiger partial charge in [-0.15, -0.1) is 0 Å². The van der Waals surface area contributed by atoms with Crippen molar-refractivity contribution in [1.29, 1.82) is 0 Å². The Hall–Kier alpha value is -4.03. The van der Waals surface area contributed by atoms with E-state index in [0.29, 0.717) is 24.2 Å². The second kappa shape index (κ2) is 10.3. The van der Waals surface area contributed by atoms with Gasteiger partial charge in [-0.05, 0) is 48.9 Å². The van der Waals surface area contributed by atoms with E-state index in [0.717, 1.165) is 37.9 Å². The molecule has 180 valence electrons. The highest BCUT2D eigenvalue weighted by atomic mass is 32.2. The third-order valence-electron chi connectivity index (χ3n) is 6.15. The number of hydrogen-bond acceptors (Lipinski definition) is 4. The van der Waals surface area contributed by atoms with Gasteiger partial charge in [-0.2, -0.15) is 0 Å². The maximum atomic E-state index is 13.7. The Balaban J connectivity index is 1.49. The number of ether oxygens (including phenoxy) is 1. The molecule has 4 aromatic carbocycles. The molecule has 2 amide bonds. The third kappa shape index (κ3) is 4.86. The van der Waals surface area contributed by atoms with Gasteiger partial charge in [0.1, 0.15) is 5.75 Å². The van der Waals surface area contributed by atoms with E-state index in [1.165, 1.54) is 0 Å². The summed E-state index contributed by atoms with van der Waals surface area (Å²) in [7, 11) is 1.61. The lowest BCUT2D eigenvalue weighted by Crippen LogP contribution is -2.31. The van der Waals surface area contributed by atoms with Gasteiger partial charge in [0.15, 0.2) is 0 Å². The summed E-state index contributed by atoms with van der Waals surface area (Å²) < 4.78 is 5.39. The second-order valence-corrected chi connectivity index (χ2v) is 9.74. The first-order chi connectivity index (χ1) is 17.5. The number of fused-ring (bicyclic) bond motifs is 2. The van der Waals surface area contributed by atoms with Crippen LogP contribution >= 0.6 is 11.8 Å². The van der Waals surface area contributed by atoms with Crippen LogP contribution in [0.15, 0.2) is 101 Å². The molecule has 0 spiro atoms. The Morgan fingerprint density at radius 2 is 1.72 bits per heavy atom. The van der Waals surface area contributed by atoms with Crippen molar-refractivity contribution in [3.63, 3.8) is 0 Å². The zero-order valence-electron chi connectivity index (χ0n) is 20.2. The number of para-hydroxylation sites is 1. The van der Waals surface area contributed by atoms with Crippen LogP contribution in [0.2, 0.25) is 0 Å². The number of hydrogen-bond donors (Lipinski definition) is 1. The van der Waals surface area contributed by atoms with Gasteiger partial charge in [-0.25, -0.2) is 0 Å². The number of carbonyl (C=O) groups is 2. The highest BCUT2D eigenvalue weighted by Crippen LogP contribution is 2.42. The summed E-state index contributed by atoms with van der Waals surface area (Å²) in [5.41, 5.74) is 4.95. The molecule has 6 heteroatoms. The van der Waals surface area contributed by atoms with Crippen LogP contribution < -0.4 is 15.0 Å². The summed E-state index contributed by atoms with van der Waals surface area (Å²) in [6.45, 7) is 2.79. The van der Waals surface area contributed by atoms with Crippen molar-refractivity contribution < 1.29 is 14.3 Å². The van der Waals surface area contributed by atoms with Gasteiger partial charge in [0.05, 0.1) is 24.9 Å². The summed E-state index contributed by atoms with van der Waals surface area (Å²) in [5.74, 6) is 0.437. The van der Waals surface area contributed by atoms with Crippen molar-refractivity contribution in [2.75, 3.05) is 12.0 Å². The van der Waals surface area contributed by atoms with Crippen LogP contribution in [-0.2, 0) is 13.1 Å². The standard InChI is InChI=1S/C30H26N2O3S/c1-20-8-7-9-21(16-20)19-32-25-17-22(29(33)31-18-23-10-3-5-12-26(23)35-2)14-15-28(25)36-27-13-6-4-11-24(27)30(32)34/h3-17H,18-19H2,1-2H3,(H,31,33). The number of carbonyl (C=O) groups excluding carboxylic acids is 2. The number of anilines is 1. The van der Waals surface area contributed by atoms with Gasteiger partial charge >= 0.3 is 0 Å². The molecule has 1 aliphatic heterocycles. The molecule has 5 rings (SSSR count). The number of aryl methyl sites for hydroxylation is 1. The van der Waals surface area contributed by atoms with Crippen LogP contribution in [0.5, 0.6) is 5.75 Å². The average molecular weight is 495 g/mol. The maximum Gasteiger partial charge on any atom is 0.259 e. The van der Waals surface area contributed by atoms with Crippen LogP contribution in [0.3, 0.4) is 0 Å². The minimum Gasteiger partial charge on any atom is -0.496 e. The highest BCUT2D eigenvalue weighted by molar-refractivity contribution is 7.99. The molecule has 0 atom stereocenters. The van der Waals surface area contributed by atoms with E-state index < -0.39 is 0 Å². The van der Waals surface area contributed by atoms with Gasteiger partial charge in [0.2, 0.25) is 0 Å². The number of rotatable bonds is 6. The molecule has 4 aromatic rings. The minimum atomic E-state index is -0.210.